The van der Waals surface area contributed by atoms with Gasteiger partial charge in [-0.2, -0.15) is 0 Å². The lowest BCUT2D eigenvalue weighted by Crippen LogP contribution is -2.15. The van der Waals surface area contributed by atoms with E-state index in [-0.39, 0.29) is 12.2 Å². The lowest BCUT2D eigenvalue weighted by atomic mass is 9.88. The average Bonchev–Trinajstić information content (AvgIpc) is 2.42. The van der Waals surface area contributed by atoms with Crippen LogP contribution in [0.5, 0.6) is 0 Å². The third-order valence-corrected chi connectivity index (χ3v) is 2.57. The van der Waals surface area contributed by atoms with Gasteiger partial charge in [0.15, 0.2) is 0 Å². The van der Waals surface area contributed by atoms with Gasteiger partial charge in [-0.3, -0.25) is 0 Å². The molecule has 0 saturated carbocycles. The van der Waals surface area contributed by atoms with Gasteiger partial charge < -0.3 is 9.53 Å². The van der Waals surface area contributed by atoms with Gasteiger partial charge in [0, 0.05) is 6.42 Å². The lowest BCUT2D eigenvalue weighted by Gasteiger charge is -2.20. The van der Waals surface area contributed by atoms with Gasteiger partial charge in [-0.1, -0.05) is 27.4 Å². The minimum Gasteiger partial charge on any atom is -0.363 e. The SMILES string of the molecule is C=C1C[C@H](C=O)OC1CCC(C)(C)C. The number of carbonyl (C=O) groups is 1. The fourth-order valence-corrected chi connectivity index (χ4v) is 1.66. The summed E-state index contributed by atoms with van der Waals surface area (Å²) in [4.78, 5) is 10.5. The molecule has 14 heavy (non-hydrogen) atoms. The predicted molar refractivity (Wildman–Crippen MR) is 57.2 cm³/mol. The van der Waals surface area contributed by atoms with Crippen LogP contribution in [0.25, 0.3) is 0 Å². The van der Waals surface area contributed by atoms with Gasteiger partial charge in [-0.25, -0.2) is 0 Å². The summed E-state index contributed by atoms with van der Waals surface area (Å²) in [7, 11) is 0. The zero-order valence-corrected chi connectivity index (χ0v) is 9.38. The van der Waals surface area contributed by atoms with Crippen molar-refractivity contribution in [3.8, 4) is 0 Å². The molecule has 1 unspecified atom stereocenters. The van der Waals surface area contributed by atoms with Gasteiger partial charge in [-0.05, 0) is 23.8 Å². The van der Waals surface area contributed by atoms with Crippen molar-refractivity contribution in [3.63, 3.8) is 0 Å². The van der Waals surface area contributed by atoms with Crippen molar-refractivity contribution in [1.29, 1.82) is 0 Å². The number of carbonyl (C=O) groups excluding carboxylic acids is 1. The molecule has 1 fully saturated rings. The van der Waals surface area contributed by atoms with Gasteiger partial charge in [0.2, 0.25) is 0 Å². The van der Waals surface area contributed by atoms with E-state index in [0.717, 1.165) is 24.7 Å². The molecule has 2 atom stereocenters. The molecule has 80 valence electrons. The highest BCUT2D eigenvalue weighted by atomic mass is 16.5. The maximum Gasteiger partial charge on any atom is 0.149 e. The van der Waals surface area contributed by atoms with Gasteiger partial charge in [0.05, 0.1) is 6.10 Å². The van der Waals surface area contributed by atoms with Crippen LogP contribution in [0.3, 0.4) is 0 Å². The van der Waals surface area contributed by atoms with Crippen LogP contribution in [0.1, 0.15) is 40.0 Å². The first-order chi connectivity index (χ1) is 6.42. The van der Waals surface area contributed by atoms with E-state index in [2.05, 4.69) is 27.4 Å². The molecule has 0 amide bonds. The second-order valence-electron chi connectivity index (χ2n) is 5.26. The van der Waals surface area contributed by atoms with Crippen molar-refractivity contribution in [3.05, 3.63) is 12.2 Å². The van der Waals surface area contributed by atoms with E-state index in [0.29, 0.717) is 11.8 Å². The van der Waals surface area contributed by atoms with Crippen LogP contribution >= 0.6 is 0 Å². The van der Waals surface area contributed by atoms with E-state index < -0.39 is 0 Å². The standard InChI is InChI=1S/C12H20O2/c1-9-7-10(8-13)14-11(9)5-6-12(2,3)4/h8,10-11H,1,5-7H2,2-4H3/t10-,11?/m1/s1. The van der Waals surface area contributed by atoms with Gasteiger partial charge in [-0.15, -0.1) is 0 Å². The van der Waals surface area contributed by atoms with E-state index in [1.165, 1.54) is 0 Å². The van der Waals surface area contributed by atoms with E-state index in [9.17, 15) is 4.79 Å². The Kier molecular flexibility index (Phi) is 3.48. The molecule has 0 aliphatic carbocycles. The molecule has 1 aliphatic heterocycles. The highest BCUT2D eigenvalue weighted by Crippen LogP contribution is 2.30. The third-order valence-electron chi connectivity index (χ3n) is 2.57. The molecule has 0 radical (unpaired) electrons. The number of hydrogen-bond donors (Lipinski definition) is 0. The molecule has 0 spiro atoms. The summed E-state index contributed by atoms with van der Waals surface area (Å²) in [6.45, 7) is 10.6. The van der Waals surface area contributed by atoms with E-state index in [1.807, 2.05) is 0 Å². The zero-order valence-electron chi connectivity index (χ0n) is 9.38. The first-order valence-corrected chi connectivity index (χ1v) is 5.21. The Bertz CT molecular complexity index is 225. The van der Waals surface area contributed by atoms with Crippen LogP contribution in [0, 0.1) is 5.41 Å². The summed E-state index contributed by atoms with van der Waals surface area (Å²) in [5.41, 5.74) is 1.40. The van der Waals surface area contributed by atoms with E-state index in [1.54, 1.807) is 0 Å². The minimum absolute atomic E-state index is 0.101. The molecule has 1 saturated heterocycles. The molecule has 2 heteroatoms. The highest BCUT2D eigenvalue weighted by Gasteiger charge is 2.28. The van der Waals surface area contributed by atoms with Crippen molar-refractivity contribution in [2.75, 3.05) is 0 Å². The minimum atomic E-state index is -0.243. The first kappa shape index (κ1) is 11.4. The Morgan fingerprint density at radius 3 is 2.64 bits per heavy atom. The molecule has 0 bridgehead atoms. The molecule has 1 heterocycles. The number of aldehydes is 1. The molecule has 1 rings (SSSR count). The fourth-order valence-electron chi connectivity index (χ4n) is 1.66. The Balaban J connectivity index is 2.39. The van der Waals surface area contributed by atoms with Gasteiger partial charge >= 0.3 is 0 Å². The van der Waals surface area contributed by atoms with E-state index >= 15 is 0 Å². The monoisotopic (exact) mass is 196 g/mol. The smallest absolute Gasteiger partial charge is 0.149 e. The van der Waals surface area contributed by atoms with Crippen LogP contribution in [-0.2, 0) is 9.53 Å². The average molecular weight is 196 g/mol. The molecule has 0 aromatic heterocycles. The predicted octanol–water partition coefficient (Wildman–Crippen LogP) is 2.73. The lowest BCUT2D eigenvalue weighted by molar-refractivity contribution is -0.117. The molecule has 1 aliphatic rings. The zero-order chi connectivity index (χ0) is 10.8. The second kappa shape index (κ2) is 4.26. The van der Waals surface area contributed by atoms with Gasteiger partial charge in [0.25, 0.3) is 0 Å². The summed E-state index contributed by atoms with van der Waals surface area (Å²) < 4.78 is 5.55. The maximum atomic E-state index is 10.5. The summed E-state index contributed by atoms with van der Waals surface area (Å²) in [5, 5.41) is 0. The maximum absolute atomic E-state index is 10.5. The topological polar surface area (TPSA) is 26.3 Å². The van der Waals surface area contributed by atoms with Crippen molar-refractivity contribution >= 4 is 6.29 Å². The molecular formula is C12H20O2. The number of rotatable bonds is 3. The third kappa shape index (κ3) is 3.26. The van der Waals surface area contributed by atoms with Crippen LogP contribution < -0.4 is 0 Å². The van der Waals surface area contributed by atoms with Gasteiger partial charge in [0.1, 0.15) is 12.4 Å². The molecule has 0 N–H and O–H groups in total. The molecule has 0 aromatic rings. The number of hydrogen-bond acceptors (Lipinski definition) is 2. The van der Waals surface area contributed by atoms with Crippen LogP contribution in [0.4, 0.5) is 0 Å². The normalized spacial score (nSPS) is 28.1. The Labute approximate surface area is 86.3 Å². The van der Waals surface area contributed by atoms with Crippen molar-refractivity contribution < 1.29 is 9.53 Å². The largest absolute Gasteiger partial charge is 0.363 e. The van der Waals surface area contributed by atoms with Crippen LogP contribution in [-0.4, -0.2) is 18.5 Å². The first-order valence-electron chi connectivity index (χ1n) is 5.21. The summed E-state index contributed by atoms with van der Waals surface area (Å²) >= 11 is 0. The Hall–Kier alpha value is -0.630. The van der Waals surface area contributed by atoms with Crippen molar-refractivity contribution in [2.24, 2.45) is 5.41 Å². The quantitative estimate of drug-likeness (QED) is 0.512. The van der Waals surface area contributed by atoms with Crippen molar-refractivity contribution in [1.82, 2.24) is 0 Å². The van der Waals surface area contributed by atoms with Crippen LogP contribution in [0.2, 0.25) is 0 Å². The number of ether oxygens (including phenoxy) is 1. The fraction of sp³-hybridized carbons (Fsp3) is 0.750. The summed E-state index contributed by atoms with van der Waals surface area (Å²) in [6, 6.07) is 0. The van der Waals surface area contributed by atoms with Crippen molar-refractivity contribution in [2.45, 2.75) is 52.2 Å². The van der Waals surface area contributed by atoms with Crippen LogP contribution in [0.15, 0.2) is 12.2 Å². The highest BCUT2D eigenvalue weighted by molar-refractivity contribution is 5.58. The summed E-state index contributed by atoms with van der Waals surface area (Å²) in [5.74, 6) is 0. The molecule has 2 nitrogen and oxygen atoms in total. The Morgan fingerprint density at radius 1 is 1.57 bits per heavy atom. The van der Waals surface area contributed by atoms with E-state index in [4.69, 9.17) is 4.74 Å². The second-order valence-corrected chi connectivity index (χ2v) is 5.26. The molecule has 0 aromatic carbocycles. The Morgan fingerprint density at radius 2 is 2.21 bits per heavy atom. The summed E-state index contributed by atoms with van der Waals surface area (Å²) in [6.07, 6.45) is 3.52. The molecular weight excluding hydrogens is 176 g/mol.